The Labute approximate surface area is 155 Å². The van der Waals surface area contributed by atoms with Crippen LogP contribution in [-0.2, 0) is 11.3 Å². The Kier molecular flexibility index (Phi) is 4.79. The third-order valence-electron chi connectivity index (χ3n) is 4.09. The molecule has 6 nitrogen and oxygen atoms in total. The number of amides is 1. The molecule has 1 fully saturated rings. The number of carbonyl (C=O) groups is 1. The van der Waals surface area contributed by atoms with Crippen LogP contribution >= 0.6 is 11.8 Å². The molecule has 7 heteroatoms. The van der Waals surface area contributed by atoms with E-state index in [1.165, 1.54) is 0 Å². The highest BCUT2D eigenvalue weighted by atomic mass is 32.2. The molecule has 0 atom stereocenters. The van der Waals surface area contributed by atoms with Crippen LogP contribution in [0.4, 0.5) is 5.82 Å². The summed E-state index contributed by atoms with van der Waals surface area (Å²) in [6.07, 6.45) is 2.23. The number of rotatable bonds is 4. The molecular formula is C19H17N5OS. The van der Waals surface area contributed by atoms with Crippen molar-refractivity contribution < 1.29 is 4.79 Å². The van der Waals surface area contributed by atoms with Gasteiger partial charge in [-0.15, -0.1) is 10.2 Å². The smallest absolute Gasteiger partial charge is 0.229 e. The highest BCUT2D eigenvalue weighted by molar-refractivity contribution is 8.13. The van der Waals surface area contributed by atoms with Gasteiger partial charge in [0.05, 0.1) is 12.7 Å². The summed E-state index contributed by atoms with van der Waals surface area (Å²) >= 11 is 1.56. The molecule has 4 rings (SSSR count). The lowest BCUT2D eigenvalue weighted by atomic mass is 10.2. The van der Waals surface area contributed by atoms with E-state index in [-0.39, 0.29) is 5.91 Å². The SMILES string of the molecule is O=C1CCS/C(=N\Nc2nncc3ccccc23)N1Cc1ccccc1. The third kappa shape index (κ3) is 3.52. The van der Waals surface area contributed by atoms with E-state index in [1.54, 1.807) is 22.9 Å². The Hall–Kier alpha value is -2.93. The molecule has 3 aromatic rings. The fraction of sp³-hybridized carbons (Fsp3) is 0.158. The summed E-state index contributed by atoms with van der Waals surface area (Å²) in [5, 5.41) is 15.2. The van der Waals surface area contributed by atoms with Gasteiger partial charge in [0.25, 0.3) is 0 Å². The number of nitrogens with one attached hydrogen (secondary N) is 1. The lowest BCUT2D eigenvalue weighted by Gasteiger charge is -2.27. The van der Waals surface area contributed by atoms with E-state index in [0.29, 0.717) is 24.0 Å². The zero-order chi connectivity index (χ0) is 17.8. The molecule has 2 heterocycles. The van der Waals surface area contributed by atoms with Crippen molar-refractivity contribution in [1.29, 1.82) is 0 Å². The largest absolute Gasteiger partial charge is 0.285 e. The Bertz CT molecular complexity index is 955. The van der Waals surface area contributed by atoms with Gasteiger partial charge < -0.3 is 0 Å². The topological polar surface area (TPSA) is 70.5 Å². The van der Waals surface area contributed by atoms with Gasteiger partial charge in [0.1, 0.15) is 0 Å². The van der Waals surface area contributed by atoms with E-state index in [0.717, 1.165) is 22.1 Å². The summed E-state index contributed by atoms with van der Waals surface area (Å²) in [7, 11) is 0. The predicted octanol–water partition coefficient (Wildman–Crippen LogP) is 3.48. The van der Waals surface area contributed by atoms with Gasteiger partial charge in [0.15, 0.2) is 11.0 Å². The number of thioether (sulfide) groups is 1. The van der Waals surface area contributed by atoms with Crippen molar-refractivity contribution in [3.8, 4) is 0 Å². The van der Waals surface area contributed by atoms with E-state index < -0.39 is 0 Å². The number of aromatic nitrogens is 2. The number of hydrogen-bond donors (Lipinski definition) is 1. The van der Waals surface area contributed by atoms with Crippen LogP contribution in [0.25, 0.3) is 10.8 Å². The van der Waals surface area contributed by atoms with Gasteiger partial charge in [0, 0.05) is 22.9 Å². The fourth-order valence-corrected chi connectivity index (χ4v) is 3.67. The number of hydrazone groups is 1. The minimum absolute atomic E-state index is 0.0807. The van der Waals surface area contributed by atoms with E-state index >= 15 is 0 Å². The van der Waals surface area contributed by atoms with Crippen LogP contribution in [0, 0.1) is 0 Å². The second-order valence-corrected chi connectivity index (χ2v) is 6.91. The van der Waals surface area contributed by atoms with E-state index in [4.69, 9.17) is 0 Å². The van der Waals surface area contributed by atoms with E-state index in [1.807, 2.05) is 54.6 Å². The molecule has 0 spiro atoms. The highest BCUT2D eigenvalue weighted by Crippen LogP contribution is 2.23. The number of benzene rings is 2. The molecule has 26 heavy (non-hydrogen) atoms. The van der Waals surface area contributed by atoms with Crippen molar-refractivity contribution in [3.05, 3.63) is 66.4 Å². The maximum atomic E-state index is 12.4. The van der Waals surface area contributed by atoms with Gasteiger partial charge in [-0.05, 0) is 5.56 Å². The van der Waals surface area contributed by atoms with Gasteiger partial charge in [0.2, 0.25) is 5.91 Å². The van der Waals surface area contributed by atoms with Crippen LogP contribution in [0.2, 0.25) is 0 Å². The second kappa shape index (κ2) is 7.53. The molecule has 130 valence electrons. The first kappa shape index (κ1) is 16.5. The fourth-order valence-electron chi connectivity index (χ4n) is 2.77. The summed E-state index contributed by atoms with van der Waals surface area (Å²) in [5.74, 6) is 1.39. The average Bonchev–Trinajstić information content (AvgIpc) is 2.69. The van der Waals surface area contributed by atoms with Crippen LogP contribution in [0.3, 0.4) is 0 Å². The summed E-state index contributed by atoms with van der Waals surface area (Å²) in [6, 6.07) is 17.8. The molecule has 1 aromatic heterocycles. The zero-order valence-corrected chi connectivity index (χ0v) is 14.8. The van der Waals surface area contributed by atoms with Crippen molar-refractivity contribution in [2.75, 3.05) is 11.2 Å². The van der Waals surface area contributed by atoms with Crippen LogP contribution in [0.1, 0.15) is 12.0 Å². The molecule has 0 radical (unpaired) electrons. The minimum Gasteiger partial charge on any atom is -0.285 e. The van der Waals surface area contributed by atoms with Crippen molar-refractivity contribution in [1.82, 2.24) is 15.1 Å². The Morgan fingerprint density at radius 2 is 1.92 bits per heavy atom. The molecule has 0 bridgehead atoms. The van der Waals surface area contributed by atoms with Crippen molar-refractivity contribution in [2.24, 2.45) is 5.10 Å². The van der Waals surface area contributed by atoms with Gasteiger partial charge >= 0.3 is 0 Å². The summed E-state index contributed by atoms with van der Waals surface area (Å²) in [6.45, 7) is 0.508. The number of carbonyl (C=O) groups excluding carboxylic acids is 1. The normalized spacial score (nSPS) is 16.2. The molecule has 0 unspecified atom stereocenters. The molecule has 1 N–H and O–H groups in total. The predicted molar refractivity (Wildman–Crippen MR) is 105 cm³/mol. The molecule has 1 saturated heterocycles. The van der Waals surface area contributed by atoms with E-state index in [2.05, 4.69) is 20.7 Å². The first-order chi connectivity index (χ1) is 12.8. The Morgan fingerprint density at radius 3 is 2.81 bits per heavy atom. The van der Waals surface area contributed by atoms with Gasteiger partial charge in [-0.2, -0.15) is 5.10 Å². The minimum atomic E-state index is 0.0807. The lowest BCUT2D eigenvalue weighted by Crippen LogP contribution is -2.39. The maximum Gasteiger partial charge on any atom is 0.229 e. The average molecular weight is 363 g/mol. The number of hydrogen-bond acceptors (Lipinski definition) is 6. The van der Waals surface area contributed by atoms with Gasteiger partial charge in [-0.25, -0.2) is 0 Å². The summed E-state index contributed by atoms with van der Waals surface area (Å²) in [5.41, 5.74) is 4.06. The number of nitrogens with zero attached hydrogens (tertiary/aromatic N) is 4. The van der Waals surface area contributed by atoms with E-state index in [9.17, 15) is 4.79 Å². The van der Waals surface area contributed by atoms with Crippen LogP contribution in [0.5, 0.6) is 0 Å². The molecule has 2 aromatic carbocycles. The number of amidine groups is 1. The van der Waals surface area contributed by atoms with Crippen LogP contribution in [-0.4, -0.2) is 31.9 Å². The summed E-state index contributed by atoms with van der Waals surface area (Å²) < 4.78 is 0. The monoisotopic (exact) mass is 363 g/mol. The Morgan fingerprint density at radius 1 is 1.12 bits per heavy atom. The zero-order valence-electron chi connectivity index (χ0n) is 14.0. The molecule has 1 aliphatic rings. The number of anilines is 1. The molecule has 1 amide bonds. The second-order valence-electron chi connectivity index (χ2n) is 5.85. The van der Waals surface area contributed by atoms with Crippen LogP contribution < -0.4 is 5.43 Å². The van der Waals surface area contributed by atoms with Crippen molar-refractivity contribution in [2.45, 2.75) is 13.0 Å². The molecule has 0 aliphatic carbocycles. The Balaban J connectivity index is 1.60. The maximum absolute atomic E-state index is 12.4. The summed E-state index contributed by atoms with van der Waals surface area (Å²) in [4.78, 5) is 14.1. The van der Waals surface area contributed by atoms with Gasteiger partial charge in [-0.1, -0.05) is 66.4 Å². The highest BCUT2D eigenvalue weighted by Gasteiger charge is 2.25. The standard InChI is InChI=1S/C19H17N5OS/c25-17-10-11-26-19(24(17)13-14-6-2-1-3-7-14)23-22-18-16-9-5-4-8-15(16)12-20-21-18/h1-9,12H,10-11,13H2,(H,21,22)/b23-19-. The molecular weight excluding hydrogens is 346 g/mol. The van der Waals surface area contributed by atoms with Crippen molar-refractivity contribution >= 4 is 39.4 Å². The third-order valence-corrected chi connectivity index (χ3v) is 5.07. The molecule has 1 aliphatic heterocycles. The van der Waals surface area contributed by atoms with Gasteiger partial charge in [-0.3, -0.25) is 15.1 Å². The quantitative estimate of drug-likeness (QED) is 0.719. The molecule has 0 saturated carbocycles. The number of fused-ring (bicyclic) bond motifs is 1. The first-order valence-corrected chi connectivity index (χ1v) is 9.31. The first-order valence-electron chi connectivity index (χ1n) is 8.32. The lowest BCUT2D eigenvalue weighted by molar-refractivity contribution is -0.127. The van der Waals surface area contributed by atoms with Crippen molar-refractivity contribution in [3.63, 3.8) is 0 Å². The van der Waals surface area contributed by atoms with Crippen LogP contribution in [0.15, 0.2) is 65.9 Å².